The van der Waals surface area contributed by atoms with Gasteiger partial charge in [0, 0.05) is 0 Å². The molecule has 92 valence electrons. The first-order chi connectivity index (χ1) is 7.75. The summed E-state index contributed by atoms with van der Waals surface area (Å²) in [6.45, 7) is 3.26. The molecule has 0 heterocycles. The van der Waals surface area contributed by atoms with E-state index in [1.54, 1.807) is 0 Å². The molecule has 1 aromatic carbocycles. The number of nitrogens with one attached hydrogen (secondary N) is 1. The van der Waals surface area contributed by atoms with E-state index in [0.717, 1.165) is 18.2 Å². The maximum Gasteiger partial charge on any atom is 0.247 e. The number of hydrogen-bond donors (Lipinski definition) is 2. The summed E-state index contributed by atoms with van der Waals surface area (Å²) >= 11 is 11.6. The Morgan fingerprint density at radius 3 is 2.18 bits per heavy atom. The maximum atomic E-state index is 11.1. The van der Waals surface area contributed by atoms with Crippen molar-refractivity contribution in [1.29, 1.82) is 0 Å². The average Bonchev–Trinajstić information content (AvgIpc) is 2.21. The molecule has 1 amide bonds. The normalized spacial score (nSPS) is 11.0. The minimum Gasteiger partial charge on any atom is -0.320 e. The molecule has 5 nitrogen and oxygen atoms in total. The van der Waals surface area contributed by atoms with Gasteiger partial charge in [-0.3, -0.25) is 4.79 Å². The molecule has 0 spiro atoms. The van der Waals surface area contributed by atoms with Gasteiger partial charge < -0.3 is 5.32 Å². The Balaban J connectivity index is 3.29. The average molecular weight is 295 g/mol. The smallest absolute Gasteiger partial charge is 0.247 e. The van der Waals surface area contributed by atoms with Gasteiger partial charge in [0.2, 0.25) is 15.9 Å². The number of benzene rings is 1. The van der Waals surface area contributed by atoms with Crippen molar-refractivity contribution in [3.63, 3.8) is 0 Å². The van der Waals surface area contributed by atoms with Crippen LogP contribution in [0.3, 0.4) is 0 Å². The van der Waals surface area contributed by atoms with Crippen LogP contribution in [0.5, 0.6) is 0 Å². The van der Waals surface area contributed by atoms with Crippen LogP contribution in [0.4, 0.5) is 5.69 Å². The second-order valence-electron chi connectivity index (χ2n) is 3.00. The highest BCUT2D eigenvalue weighted by atomic mass is 35.5. The molecule has 0 fully saturated rings. The fourth-order valence-corrected chi connectivity index (χ4v) is 2.28. The molecule has 0 aliphatic carbocycles. The van der Waals surface area contributed by atoms with Crippen LogP contribution in [0, 0.1) is 0 Å². The zero-order chi connectivity index (χ0) is 13.2. The van der Waals surface area contributed by atoms with E-state index in [1.165, 1.54) is 0 Å². The van der Waals surface area contributed by atoms with Gasteiger partial charge in [-0.25, -0.2) is 13.6 Å². The van der Waals surface area contributed by atoms with Gasteiger partial charge in [-0.05, 0) is 18.2 Å². The van der Waals surface area contributed by atoms with Gasteiger partial charge in [0.15, 0.2) is 0 Å². The number of anilines is 1. The maximum absolute atomic E-state index is 11.1. The second-order valence-corrected chi connectivity index (χ2v) is 5.38. The standard InChI is InChI=1S/C9H8Cl2N2O3S/c1-2-8(14)13-9-6(10)3-5(4-7(9)11)17(12,15)16/h2-4H,1H2,(H,13,14)(H2,12,15,16). The van der Waals surface area contributed by atoms with E-state index in [9.17, 15) is 13.2 Å². The van der Waals surface area contributed by atoms with Crippen LogP contribution in [0.2, 0.25) is 10.0 Å². The number of halogens is 2. The molecule has 0 atom stereocenters. The van der Waals surface area contributed by atoms with Gasteiger partial charge in [-0.1, -0.05) is 29.8 Å². The predicted octanol–water partition coefficient (Wildman–Crippen LogP) is 1.77. The van der Waals surface area contributed by atoms with Crippen molar-refractivity contribution in [3.05, 3.63) is 34.8 Å². The molecular formula is C9H8Cl2N2O3S. The first-order valence-corrected chi connectivity index (χ1v) is 6.51. The fraction of sp³-hybridized carbons (Fsp3) is 0. The molecule has 0 radical (unpaired) electrons. The summed E-state index contributed by atoms with van der Waals surface area (Å²) in [7, 11) is -3.90. The summed E-state index contributed by atoms with van der Waals surface area (Å²) in [5.74, 6) is -0.517. The first-order valence-electron chi connectivity index (χ1n) is 4.21. The highest BCUT2D eigenvalue weighted by Gasteiger charge is 2.15. The minimum atomic E-state index is -3.90. The van der Waals surface area contributed by atoms with Crippen molar-refractivity contribution in [3.8, 4) is 0 Å². The lowest BCUT2D eigenvalue weighted by molar-refractivity contribution is -0.111. The van der Waals surface area contributed by atoms with Crippen LogP contribution in [-0.4, -0.2) is 14.3 Å². The van der Waals surface area contributed by atoms with Crippen molar-refractivity contribution in [2.75, 3.05) is 5.32 Å². The second kappa shape index (κ2) is 5.05. The number of nitrogens with two attached hydrogens (primary N) is 1. The van der Waals surface area contributed by atoms with Crippen molar-refractivity contribution < 1.29 is 13.2 Å². The van der Waals surface area contributed by atoms with E-state index in [0.29, 0.717) is 0 Å². The Hall–Kier alpha value is -1.08. The van der Waals surface area contributed by atoms with E-state index in [-0.39, 0.29) is 20.6 Å². The van der Waals surface area contributed by atoms with Gasteiger partial charge in [0.1, 0.15) is 0 Å². The van der Waals surface area contributed by atoms with Gasteiger partial charge >= 0.3 is 0 Å². The van der Waals surface area contributed by atoms with Crippen LogP contribution < -0.4 is 10.5 Å². The van der Waals surface area contributed by atoms with E-state index < -0.39 is 15.9 Å². The highest BCUT2D eigenvalue weighted by Crippen LogP contribution is 2.33. The molecule has 0 aliphatic heterocycles. The van der Waals surface area contributed by atoms with Gasteiger partial charge in [0.05, 0.1) is 20.6 Å². The summed E-state index contributed by atoms with van der Waals surface area (Å²) in [6.07, 6.45) is 1.03. The Morgan fingerprint density at radius 1 is 1.35 bits per heavy atom. The summed E-state index contributed by atoms with van der Waals surface area (Å²) in [6, 6.07) is 2.20. The van der Waals surface area contributed by atoms with Gasteiger partial charge in [-0.15, -0.1) is 0 Å². The number of rotatable bonds is 3. The minimum absolute atomic E-state index is 0.0308. The monoisotopic (exact) mass is 294 g/mol. The molecule has 17 heavy (non-hydrogen) atoms. The topological polar surface area (TPSA) is 89.3 Å². The quantitative estimate of drug-likeness (QED) is 0.833. The van der Waals surface area contributed by atoms with Crippen LogP contribution in [-0.2, 0) is 14.8 Å². The van der Waals surface area contributed by atoms with E-state index in [1.807, 2.05) is 0 Å². The number of sulfonamides is 1. The number of carbonyl (C=O) groups is 1. The van der Waals surface area contributed by atoms with Crippen molar-refractivity contribution in [2.45, 2.75) is 4.90 Å². The molecule has 0 saturated heterocycles. The highest BCUT2D eigenvalue weighted by molar-refractivity contribution is 7.89. The SMILES string of the molecule is C=CC(=O)Nc1c(Cl)cc(S(N)(=O)=O)cc1Cl. The molecule has 0 unspecified atom stereocenters. The summed E-state index contributed by atoms with van der Waals surface area (Å²) in [5, 5.41) is 7.21. The Morgan fingerprint density at radius 2 is 1.82 bits per heavy atom. The molecule has 0 aliphatic rings. The number of amides is 1. The third-order valence-electron chi connectivity index (χ3n) is 1.78. The van der Waals surface area contributed by atoms with Crippen LogP contribution in [0.15, 0.2) is 29.7 Å². The molecule has 1 rings (SSSR count). The lowest BCUT2D eigenvalue weighted by Crippen LogP contribution is -2.13. The van der Waals surface area contributed by atoms with Gasteiger partial charge in [0.25, 0.3) is 0 Å². The zero-order valence-electron chi connectivity index (χ0n) is 8.41. The van der Waals surface area contributed by atoms with E-state index in [4.69, 9.17) is 28.3 Å². The van der Waals surface area contributed by atoms with E-state index >= 15 is 0 Å². The molecule has 1 aromatic rings. The lowest BCUT2D eigenvalue weighted by Gasteiger charge is -2.09. The van der Waals surface area contributed by atoms with E-state index in [2.05, 4.69) is 11.9 Å². The van der Waals surface area contributed by atoms with Crippen LogP contribution in [0.1, 0.15) is 0 Å². The third kappa shape index (κ3) is 3.44. The Bertz CT molecular complexity index is 561. The lowest BCUT2D eigenvalue weighted by atomic mass is 10.3. The van der Waals surface area contributed by atoms with Crippen molar-refractivity contribution >= 4 is 44.8 Å². The number of carbonyl (C=O) groups excluding carboxylic acids is 1. The molecule has 0 aromatic heterocycles. The van der Waals surface area contributed by atoms with Crippen molar-refractivity contribution in [1.82, 2.24) is 0 Å². The third-order valence-corrected chi connectivity index (χ3v) is 3.27. The molecule has 0 bridgehead atoms. The summed E-state index contributed by atoms with van der Waals surface area (Å²) < 4.78 is 22.2. The number of hydrogen-bond acceptors (Lipinski definition) is 3. The van der Waals surface area contributed by atoms with Crippen LogP contribution >= 0.6 is 23.2 Å². The Labute approximate surface area is 108 Å². The molecule has 3 N–H and O–H groups in total. The fourth-order valence-electron chi connectivity index (χ4n) is 1.01. The molecule has 0 saturated carbocycles. The van der Waals surface area contributed by atoms with Crippen molar-refractivity contribution in [2.24, 2.45) is 5.14 Å². The number of primary sulfonamides is 1. The van der Waals surface area contributed by atoms with Crippen LogP contribution in [0.25, 0.3) is 0 Å². The predicted molar refractivity (Wildman–Crippen MR) is 66.7 cm³/mol. The summed E-state index contributed by atoms with van der Waals surface area (Å²) in [5.41, 5.74) is 0.102. The van der Waals surface area contributed by atoms with Gasteiger partial charge in [-0.2, -0.15) is 0 Å². The first kappa shape index (κ1) is 14.0. The largest absolute Gasteiger partial charge is 0.320 e. The molecular weight excluding hydrogens is 287 g/mol. The molecule has 8 heteroatoms. The summed E-state index contributed by atoms with van der Waals surface area (Å²) in [4.78, 5) is 10.8. The zero-order valence-corrected chi connectivity index (χ0v) is 10.7. The Kier molecular flexibility index (Phi) is 4.16.